The van der Waals surface area contributed by atoms with Crippen LogP contribution in [0.1, 0.15) is 32.0 Å². The summed E-state index contributed by atoms with van der Waals surface area (Å²) in [4.78, 5) is 0. The van der Waals surface area contributed by atoms with E-state index < -0.39 is 0 Å². The van der Waals surface area contributed by atoms with Gasteiger partial charge in [0.1, 0.15) is 0 Å². The van der Waals surface area contributed by atoms with Gasteiger partial charge < -0.3 is 5.73 Å². The van der Waals surface area contributed by atoms with Crippen LogP contribution in [0.4, 0.5) is 5.82 Å². The molecule has 0 aliphatic rings. The highest BCUT2D eigenvalue weighted by molar-refractivity contribution is 6.31. The first-order valence-electron chi connectivity index (χ1n) is 5.79. The van der Waals surface area contributed by atoms with Crippen LogP contribution in [-0.2, 0) is 5.41 Å². The van der Waals surface area contributed by atoms with E-state index in [1.165, 1.54) is 0 Å². The maximum Gasteiger partial charge on any atom is 0.170 e. The van der Waals surface area contributed by atoms with E-state index in [1.54, 1.807) is 4.68 Å². The molecule has 0 spiro atoms. The molecule has 4 nitrogen and oxygen atoms in total. The lowest BCUT2D eigenvalue weighted by atomic mass is 9.91. The first kappa shape index (κ1) is 12.9. The van der Waals surface area contributed by atoms with E-state index in [0.29, 0.717) is 10.8 Å². The number of rotatable bonds is 1. The average molecular weight is 265 g/mol. The second-order valence-corrected chi connectivity index (χ2v) is 5.83. The van der Waals surface area contributed by atoms with Gasteiger partial charge >= 0.3 is 0 Å². The quantitative estimate of drug-likeness (QED) is 0.861. The number of aryl methyl sites for hydroxylation is 1. The normalized spacial score (nSPS) is 11.8. The van der Waals surface area contributed by atoms with Crippen molar-refractivity contribution in [2.75, 3.05) is 5.73 Å². The van der Waals surface area contributed by atoms with Gasteiger partial charge in [-0.05, 0) is 24.6 Å². The molecule has 0 fully saturated rings. The molecule has 2 aromatic rings. The standard InChI is InChI=1S/C13H17ClN4/c1-8-5-6-9(7-10(8)14)18-11(13(2,3)4)12(15)16-17-18/h5-7H,15H2,1-4H3. The van der Waals surface area contributed by atoms with Gasteiger partial charge in [0.15, 0.2) is 5.82 Å². The fraction of sp³-hybridized carbons (Fsp3) is 0.385. The Kier molecular flexibility index (Phi) is 3.07. The number of hydrogen-bond acceptors (Lipinski definition) is 3. The van der Waals surface area contributed by atoms with Crippen LogP contribution in [0, 0.1) is 6.92 Å². The molecule has 1 aromatic heterocycles. The van der Waals surface area contributed by atoms with Gasteiger partial charge in [-0.3, -0.25) is 0 Å². The molecule has 96 valence electrons. The van der Waals surface area contributed by atoms with Crippen molar-refractivity contribution in [1.29, 1.82) is 0 Å². The number of nitrogen functional groups attached to an aromatic ring is 1. The third-order valence-electron chi connectivity index (χ3n) is 2.81. The van der Waals surface area contributed by atoms with Crippen molar-refractivity contribution in [3.05, 3.63) is 34.5 Å². The molecule has 0 bridgehead atoms. The van der Waals surface area contributed by atoms with E-state index in [2.05, 4.69) is 31.1 Å². The van der Waals surface area contributed by atoms with E-state index in [-0.39, 0.29) is 5.41 Å². The summed E-state index contributed by atoms with van der Waals surface area (Å²) in [5, 5.41) is 8.78. The molecule has 1 aromatic carbocycles. The summed E-state index contributed by atoms with van der Waals surface area (Å²) >= 11 is 6.14. The van der Waals surface area contributed by atoms with E-state index in [0.717, 1.165) is 16.9 Å². The Labute approximate surface area is 112 Å². The monoisotopic (exact) mass is 264 g/mol. The van der Waals surface area contributed by atoms with Gasteiger partial charge in [0, 0.05) is 10.4 Å². The minimum atomic E-state index is -0.134. The number of nitrogens with zero attached hydrogens (tertiary/aromatic N) is 3. The van der Waals surface area contributed by atoms with Gasteiger partial charge in [-0.25, -0.2) is 4.68 Å². The van der Waals surface area contributed by atoms with E-state index in [9.17, 15) is 0 Å². The lowest BCUT2D eigenvalue weighted by Crippen LogP contribution is -2.19. The highest BCUT2D eigenvalue weighted by Gasteiger charge is 2.24. The van der Waals surface area contributed by atoms with Crippen LogP contribution in [0.2, 0.25) is 5.02 Å². The summed E-state index contributed by atoms with van der Waals surface area (Å²) in [6.07, 6.45) is 0. The van der Waals surface area contributed by atoms with Crippen molar-refractivity contribution in [2.45, 2.75) is 33.1 Å². The molecule has 0 atom stereocenters. The molecular formula is C13H17ClN4. The van der Waals surface area contributed by atoms with Crippen LogP contribution in [0.3, 0.4) is 0 Å². The molecule has 0 amide bonds. The predicted octanol–water partition coefficient (Wildman–Crippen LogP) is 3.11. The highest BCUT2D eigenvalue weighted by Crippen LogP contribution is 2.29. The lowest BCUT2D eigenvalue weighted by molar-refractivity contribution is 0.544. The zero-order valence-electron chi connectivity index (χ0n) is 11.0. The Morgan fingerprint density at radius 2 is 1.94 bits per heavy atom. The SMILES string of the molecule is Cc1ccc(-n2nnc(N)c2C(C)(C)C)cc1Cl. The molecule has 0 aliphatic heterocycles. The molecule has 0 aliphatic carbocycles. The minimum absolute atomic E-state index is 0.134. The fourth-order valence-corrected chi connectivity index (χ4v) is 2.06. The number of benzene rings is 1. The van der Waals surface area contributed by atoms with Crippen molar-refractivity contribution < 1.29 is 0 Å². The van der Waals surface area contributed by atoms with E-state index >= 15 is 0 Å². The predicted molar refractivity (Wildman–Crippen MR) is 74.2 cm³/mol. The second-order valence-electron chi connectivity index (χ2n) is 5.42. The Bertz CT molecular complexity index is 581. The zero-order valence-corrected chi connectivity index (χ0v) is 11.8. The smallest absolute Gasteiger partial charge is 0.170 e. The Morgan fingerprint density at radius 3 is 2.50 bits per heavy atom. The first-order valence-corrected chi connectivity index (χ1v) is 6.16. The summed E-state index contributed by atoms with van der Waals surface area (Å²) in [6, 6.07) is 5.80. The number of halogens is 1. The number of nitrogens with two attached hydrogens (primary N) is 1. The Morgan fingerprint density at radius 1 is 1.28 bits per heavy atom. The number of hydrogen-bond donors (Lipinski definition) is 1. The molecule has 5 heteroatoms. The van der Waals surface area contributed by atoms with Crippen LogP contribution in [0.25, 0.3) is 5.69 Å². The van der Waals surface area contributed by atoms with Crippen molar-refractivity contribution in [3.63, 3.8) is 0 Å². The van der Waals surface area contributed by atoms with Gasteiger partial charge in [0.2, 0.25) is 0 Å². The lowest BCUT2D eigenvalue weighted by Gasteiger charge is -2.20. The van der Waals surface area contributed by atoms with Crippen molar-refractivity contribution >= 4 is 17.4 Å². The largest absolute Gasteiger partial charge is 0.381 e. The highest BCUT2D eigenvalue weighted by atomic mass is 35.5. The van der Waals surface area contributed by atoms with E-state index in [1.807, 2.05) is 25.1 Å². The second kappa shape index (κ2) is 4.28. The first-order chi connectivity index (χ1) is 8.30. The molecular weight excluding hydrogens is 248 g/mol. The summed E-state index contributed by atoms with van der Waals surface area (Å²) < 4.78 is 1.75. The van der Waals surface area contributed by atoms with Crippen molar-refractivity contribution in [2.24, 2.45) is 0 Å². The molecule has 1 heterocycles. The summed E-state index contributed by atoms with van der Waals surface area (Å²) in [5.41, 5.74) is 8.57. The molecule has 2 N–H and O–H groups in total. The molecule has 0 unspecified atom stereocenters. The average Bonchev–Trinajstić information content (AvgIpc) is 2.64. The third-order valence-corrected chi connectivity index (χ3v) is 3.21. The van der Waals surface area contributed by atoms with Crippen LogP contribution in [0.5, 0.6) is 0 Å². The summed E-state index contributed by atoms with van der Waals surface area (Å²) in [5.74, 6) is 0.458. The zero-order chi connectivity index (χ0) is 13.5. The number of anilines is 1. The molecule has 0 saturated carbocycles. The van der Waals surface area contributed by atoms with Gasteiger partial charge in [-0.15, -0.1) is 5.10 Å². The van der Waals surface area contributed by atoms with Crippen molar-refractivity contribution in [1.82, 2.24) is 15.0 Å². The maximum atomic E-state index is 6.14. The Hall–Kier alpha value is -1.55. The van der Waals surface area contributed by atoms with Gasteiger partial charge in [0.05, 0.1) is 11.4 Å². The maximum absolute atomic E-state index is 6.14. The fourth-order valence-electron chi connectivity index (χ4n) is 1.89. The number of aromatic nitrogens is 3. The van der Waals surface area contributed by atoms with Crippen LogP contribution in [0.15, 0.2) is 18.2 Å². The Balaban J connectivity index is 2.61. The van der Waals surface area contributed by atoms with Gasteiger partial charge in [0.25, 0.3) is 0 Å². The van der Waals surface area contributed by atoms with Gasteiger partial charge in [-0.2, -0.15) is 0 Å². The third kappa shape index (κ3) is 2.20. The van der Waals surface area contributed by atoms with Crippen LogP contribution < -0.4 is 5.73 Å². The molecule has 2 rings (SSSR count). The summed E-state index contributed by atoms with van der Waals surface area (Å²) in [6.45, 7) is 8.20. The topological polar surface area (TPSA) is 56.7 Å². The van der Waals surface area contributed by atoms with Crippen LogP contribution in [-0.4, -0.2) is 15.0 Å². The molecule has 0 radical (unpaired) electrons. The summed E-state index contributed by atoms with van der Waals surface area (Å²) in [7, 11) is 0. The molecule has 0 saturated heterocycles. The van der Waals surface area contributed by atoms with E-state index in [4.69, 9.17) is 17.3 Å². The molecule has 18 heavy (non-hydrogen) atoms. The van der Waals surface area contributed by atoms with Crippen LogP contribution >= 0.6 is 11.6 Å². The minimum Gasteiger partial charge on any atom is -0.381 e. The van der Waals surface area contributed by atoms with Gasteiger partial charge in [-0.1, -0.05) is 43.7 Å². The van der Waals surface area contributed by atoms with Crippen molar-refractivity contribution in [3.8, 4) is 5.69 Å².